The van der Waals surface area contributed by atoms with Crippen molar-refractivity contribution in [2.75, 3.05) is 22.9 Å². The zero-order chi connectivity index (χ0) is 13.5. The maximum Gasteiger partial charge on any atom is 0.160 e. The minimum Gasteiger partial charge on any atom is -0.393 e. The molecule has 0 amide bonds. The number of anilines is 4. The van der Waals surface area contributed by atoms with Crippen LogP contribution in [0.5, 0.6) is 0 Å². The highest BCUT2D eigenvalue weighted by molar-refractivity contribution is 5.76. The Bertz CT molecular complexity index is 514. The number of nitrogen functional groups attached to an aromatic ring is 1. The second kappa shape index (κ2) is 6.53. The number of pyridine rings is 1. The molecule has 0 aliphatic carbocycles. The van der Waals surface area contributed by atoms with Gasteiger partial charge in [-0.25, -0.2) is 15.0 Å². The van der Waals surface area contributed by atoms with E-state index in [9.17, 15) is 0 Å². The van der Waals surface area contributed by atoms with Gasteiger partial charge in [-0.15, -0.1) is 0 Å². The molecule has 0 spiro atoms. The number of aromatic nitrogens is 3. The molecule has 6 nitrogen and oxygen atoms in total. The normalized spacial score (nSPS) is 10.2. The van der Waals surface area contributed by atoms with Crippen LogP contribution in [0.1, 0.15) is 19.8 Å². The SMILES string of the molecule is CCCCNc1ncnc(Nc2ccccn2)c1N. The van der Waals surface area contributed by atoms with Crippen LogP contribution in [0.4, 0.5) is 23.1 Å². The molecular formula is C13H18N6. The lowest BCUT2D eigenvalue weighted by atomic mass is 10.3. The van der Waals surface area contributed by atoms with Gasteiger partial charge in [-0.2, -0.15) is 0 Å². The lowest BCUT2D eigenvalue weighted by molar-refractivity contribution is 0.831. The molecule has 0 aliphatic rings. The molecule has 2 aromatic heterocycles. The van der Waals surface area contributed by atoms with Crippen molar-refractivity contribution in [1.29, 1.82) is 0 Å². The Labute approximate surface area is 112 Å². The Kier molecular flexibility index (Phi) is 4.49. The molecule has 0 atom stereocenters. The Hall–Kier alpha value is -2.37. The van der Waals surface area contributed by atoms with Crippen LogP contribution in [0.25, 0.3) is 0 Å². The third-order valence-electron chi connectivity index (χ3n) is 2.62. The fraction of sp³-hybridized carbons (Fsp3) is 0.308. The van der Waals surface area contributed by atoms with Crippen molar-refractivity contribution >= 4 is 23.1 Å². The number of nitrogens with two attached hydrogens (primary N) is 1. The molecule has 2 heterocycles. The first-order chi connectivity index (χ1) is 9.31. The minimum absolute atomic E-state index is 0.504. The summed E-state index contributed by atoms with van der Waals surface area (Å²) >= 11 is 0. The third-order valence-corrected chi connectivity index (χ3v) is 2.62. The molecular weight excluding hydrogens is 240 g/mol. The molecule has 19 heavy (non-hydrogen) atoms. The molecule has 2 rings (SSSR count). The zero-order valence-electron chi connectivity index (χ0n) is 10.9. The highest BCUT2D eigenvalue weighted by Crippen LogP contribution is 2.24. The van der Waals surface area contributed by atoms with Gasteiger partial charge in [-0.1, -0.05) is 19.4 Å². The monoisotopic (exact) mass is 258 g/mol. The molecule has 0 unspecified atom stereocenters. The Balaban J connectivity index is 2.11. The van der Waals surface area contributed by atoms with Crippen LogP contribution in [0.3, 0.4) is 0 Å². The smallest absolute Gasteiger partial charge is 0.160 e. The van der Waals surface area contributed by atoms with Gasteiger partial charge in [0, 0.05) is 12.7 Å². The lowest BCUT2D eigenvalue weighted by Crippen LogP contribution is -2.09. The van der Waals surface area contributed by atoms with E-state index in [1.807, 2.05) is 18.2 Å². The topological polar surface area (TPSA) is 88.8 Å². The largest absolute Gasteiger partial charge is 0.393 e. The van der Waals surface area contributed by atoms with E-state index >= 15 is 0 Å². The van der Waals surface area contributed by atoms with E-state index in [0.717, 1.165) is 19.4 Å². The number of hydrogen-bond acceptors (Lipinski definition) is 6. The fourth-order valence-electron chi connectivity index (χ4n) is 1.58. The second-order valence-electron chi connectivity index (χ2n) is 4.10. The molecule has 0 radical (unpaired) electrons. The summed E-state index contributed by atoms with van der Waals surface area (Å²) in [4.78, 5) is 12.5. The Morgan fingerprint density at radius 1 is 1.16 bits per heavy atom. The fourth-order valence-corrected chi connectivity index (χ4v) is 1.58. The van der Waals surface area contributed by atoms with Crippen LogP contribution in [0.2, 0.25) is 0 Å². The lowest BCUT2D eigenvalue weighted by Gasteiger charge is -2.11. The number of nitrogens with one attached hydrogen (secondary N) is 2. The van der Waals surface area contributed by atoms with Gasteiger partial charge in [-0.3, -0.25) is 0 Å². The number of hydrogen-bond donors (Lipinski definition) is 3. The van der Waals surface area contributed by atoms with Crippen molar-refractivity contribution < 1.29 is 0 Å². The molecule has 100 valence electrons. The zero-order valence-corrected chi connectivity index (χ0v) is 10.9. The quantitative estimate of drug-likeness (QED) is 0.689. The highest BCUT2D eigenvalue weighted by Gasteiger charge is 2.07. The van der Waals surface area contributed by atoms with Crippen LogP contribution in [-0.2, 0) is 0 Å². The van der Waals surface area contributed by atoms with Crippen molar-refractivity contribution in [2.45, 2.75) is 19.8 Å². The van der Waals surface area contributed by atoms with Crippen LogP contribution in [-0.4, -0.2) is 21.5 Å². The Morgan fingerprint density at radius 3 is 2.74 bits per heavy atom. The maximum atomic E-state index is 6.04. The minimum atomic E-state index is 0.504. The predicted octanol–water partition coefficient (Wildman–Crippen LogP) is 2.41. The summed E-state index contributed by atoms with van der Waals surface area (Å²) in [6.45, 7) is 2.99. The van der Waals surface area contributed by atoms with Gasteiger partial charge < -0.3 is 16.4 Å². The number of nitrogens with zero attached hydrogens (tertiary/aromatic N) is 3. The summed E-state index contributed by atoms with van der Waals surface area (Å²) < 4.78 is 0. The van der Waals surface area contributed by atoms with E-state index in [-0.39, 0.29) is 0 Å². The van der Waals surface area contributed by atoms with Crippen molar-refractivity contribution in [1.82, 2.24) is 15.0 Å². The van der Waals surface area contributed by atoms with E-state index in [1.54, 1.807) is 6.20 Å². The van der Waals surface area contributed by atoms with Crippen LogP contribution in [0, 0.1) is 0 Å². The van der Waals surface area contributed by atoms with E-state index in [0.29, 0.717) is 23.1 Å². The molecule has 0 aliphatic heterocycles. The first-order valence-electron chi connectivity index (χ1n) is 6.33. The molecule has 2 aromatic rings. The standard InChI is InChI=1S/C13H18N6/c1-2-3-7-16-12-11(14)13(18-9-17-12)19-10-6-4-5-8-15-10/h4-6,8-9H,2-3,7,14H2,1H3,(H2,15,16,17,18,19). The summed E-state index contributed by atoms with van der Waals surface area (Å²) in [5.41, 5.74) is 6.54. The molecule has 0 saturated heterocycles. The summed E-state index contributed by atoms with van der Waals surface area (Å²) in [6, 6.07) is 5.60. The van der Waals surface area contributed by atoms with Crippen molar-refractivity contribution in [2.24, 2.45) is 0 Å². The number of unbranched alkanes of at least 4 members (excludes halogenated alkanes) is 1. The van der Waals surface area contributed by atoms with Gasteiger partial charge >= 0.3 is 0 Å². The number of rotatable bonds is 6. The summed E-state index contributed by atoms with van der Waals surface area (Å²) in [6.07, 6.45) is 5.39. The van der Waals surface area contributed by atoms with Crippen LogP contribution < -0.4 is 16.4 Å². The van der Waals surface area contributed by atoms with E-state index < -0.39 is 0 Å². The molecule has 0 aromatic carbocycles. The predicted molar refractivity (Wildman–Crippen MR) is 77.4 cm³/mol. The van der Waals surface area contributed by atoms with Gasteiger partial charge in [0.25, 0.3) is 0 Å². The molecule has 6 heteroatoms. The second-order valence-corrected chi connectivity index (χ2v) is 4.10. The van der Waals surface area contributed by atoms with Gasteiger partial charge in [0.1, 0.15) is 17.8 Å². The van der Waals surface area contributed by atoms with Gasteiger partial charge in [0.2, 0.25) is 0 Å². The third kappa shape index (κ3) is 3.54. The average Bonchev–Trinajstić information content (AvgIpc) is 2.44. The van der Waals surface area contributed by atoms with Crippen LogP contribution >= 0.6 is 0 Å². The maximum absolute atomic E-state index is 6.04. The van der Waals surface area contributed by atoms with Gasteiger partial charge in [0.05, 0.1) is 0 Å². The van der Waals surface area contributed by atoms with Crippen LogP contribution in [0.15, 0.2) is 30.7 Å². The van der Waals surface area contributed by atoms with Gasteiger partial charge in [-0.05, 0) is 18.6 Å². The molecule has 0 fully saturated rings. The summed E-state index contributed by atoms with van der Waals surface area (Å²) in [5, 5.41) is 6.28. The Morgan fingerprint density at radius 2 is 2.00 bits per heavy atom. The van der Waals surface area contributed by atoms with Crippen molar-refractivity contribution in [3.63, 3.8) is 0 Å². The van der Waals surface area contributed by atoms with Crippen molar-refractivity contribution in [3.05, 3.63) is 30.7 Å². The van der Waals surface area contributed by atoms with E-state index in [2.05, 4.69) is 32.5 Å². The summed E-state index contributed by atoms with van der Waals surface area (Å²) in [5.74, 6) is 1.92. The first kappa shape index (κ1) is 13.1. The van der Waals surface area contributed by atoms with E-state index in [1.165, 1.54) is 6.33 Å². The van der Waals surface area contributed by atoms with Gasteiger partial charge in [0.15, 0.2) is 11.6 Å². The molecule has 0 bridgehead atoms. The van der Waals surface area contributed by atoms with E-state index in [4.69, 9.17) is 5.73 Å². The molecule has 0 saturated carbocycles. The highest BCUT2D eigenvalue weighted by atomic mass is 15.1. The first-order valence-corrected chi connectivity index (χ1v) is 6.33. The average molecular weight is 258 g/mol. The summed E-state index contributed by atoms with van der Waals surface area (Å²) in [7, 11) is 0. The molecule has 4 N–H and O–H groups in total. The van der Waals surface area contributed by atoms with Crippen molar-refractivity contribution in [3.8, 4) is 0 Å².